The highest BCUT2D eigenvalue weighted by Crippen LogP contribution is 2.25. The molecule has 0 aliphatic carbocycles. The van der Waals surface area contributed by atoms with Gasteiger partial charge in [-0.3, -0.25) is 0 Å². The summed E-state index contributed by atoms with van der Waals surface area (Å²) in [6, 6.07) is 5.84. The summed E-state index contributed by atoms with van der Waals surface area (Å²) in [4.78, 5) is 0. The van der Waals surface area contributed by atoms with Crippen molar-refractivity contribution in [3.8, 4) is 11.5 Å². The van der Waals surface area contributed by atoms with Crippen LogP contribution in [-0.2, 0) is 11.2 Å². The van der Waals surface area contributed by atoms with E-state index < -0.39 is 0 Å². The lowest BCUT2D eigenvalue weighted by atomic mass is 10.1. The first-order valence-corrected chi connectivity index (χ1v) is 5.71. The average Bonchev–Trinajstić information content (AvgIpc) is 2.30. The van der Waals surface area contributed by atoms with Crippen LogP contribution < -0.4 is 15.2 Å². The fourth-order valence-electron chi connectivity index (χ4n) is 1.56. The average molecular weight is 239 g/mol. The van der Waals surface area contributed by atoms with Gasteiger partial charge in [-0.25, -0.2) is 0 Å². The maximum atomic E-state index is 5.82. The molecule has 17 heavy (non-hydrogen) atoms. The Kier molecular flexibility index (Phi) is 5.80. The van der Waals surface area contributed by atoms with E-state index >= 15 is 0 Å². The largest absolute Gasteiger partial charge is 0.497 e. The van der Waals surface area contributed by atoms with Gasteiger partial charge in [-0.15, -0.1) is 0 Å². The highest BCUT2D eigenvalue weighted by Gasteiger charge is 2.08. The van der Waals surface area contributed by atoms with E-state index in [-0.39, 0.29) is 6.04 Å². The SMILES string of the molecule is COCCOc1ccc(OC)cc1CC(C)N. The normalized spacial score (nSPS) is 12.2. The van der Waals surface area contributed by atoms with Crippen LogP contribution in [0.2, 0.25) is 0 Å². The van der Waals surface area contributed by atoms with Crippen molar-refractivity contribution in [3.05, 3.63) is 23.8 Å². The second kappa shape index (κ2) is 7.14. The van der Waals surface area contributed by atoms with Crippen LogP contribution in [0.4, 0.5) is 0 Å². The molecule has 4 heteroatoms. The smallest absolute Gasteiger partial charge is 0.122 e. The Bertz CT molecular complexity index is 339. The molecule has 0 aliphatic heterocycles. The Morgan fingerprint density at radius 1 is 1.24 bits per heavy atom. The molecule has 0 aliphatic rings. The van der Waals surface area contributed by atoms with Gasteiger partial charge >= 0.3 is 0 Å². The molecule has 1 rings (SSSR count). The van der Waals surface area contributed by atoms with Crippen molar-refractivity contribution < 1.29 is 14.2 Å². The molecule has 0 amide bonds. The topological polar surface area (TPSA) is 53.7 Å². The van der Waals surface area contributed by atoms with E-state index in [0.29, 0.717) is 13.2 Å². The summed E-state index contributed by atoms with van der Waals surface area (Å²) >= 11 is 0. The Morgan fingerprint density at radius 3 is 2.59 bits per heavy atom. The molecule has 0 saturated heterocycles. The highest BCUT2D eigenvalue weighted by molar-refractivity contribution is 5.40. The molecular formula is C13H21NO3. The van der Waals surface area contributed by atoms with Crippen molar-refractivity contribution in [3.63, 3.8) is 0 Å². The maximum absolute atomic E-state index is 5.82. The van der Waals surface area contributed by atoms with E-state index in [4.69, 9.17) is 19.9 Å². The number of hydrogen-bond donors (Lipinski definition) is 1. The van der Waals surface area contributed by atoms with Crippen molar-refractivity contribution in [2.24, 2.45) is 5.73 Å². The van der Waals surface area contributed by atoms with Crippen LogP contribution >= 0.6 is 0 Å². The minimum absolute atomic E-state index is 0.0897. The van der Waals surface area contributed by atoms with Gasteiger partial charge in [0.05, 0.1) is 13.7 Å². The van der Waals surface area contributed by atoms with Gasteiger partial charge in [-0.05, 0) is 37.1 Å². The molecule has 0 spiro atoms. The molecule has 0 saturated carbocycles. The fourth-order valence-corrected chi connectivity index (χ4v) is 1.56. The number of methoxy groups -OCH3 is 2. The van der Waals surface area contributed by atoms with Crippen LogP contribution in [-0.4, -0.2) is 33.5 Å². The first-order chi connectivity index (χ1) is 8.17. The van der Waals surface area contributed by atoms with E-state index in [1.807, 2.05) is 25.1 Å². The molecule has 0 heterocycles. The summed E-state index contributed by atoms with van der Waals surface area (Å²) in [5.41, 5.74) is 6.88. The van der Waals surface area contributed by atoms with Crippen LogP contribution in [0.3, 0.4) is 0 Å². The van der Waals surface area contributed by atoms with E-state index in [0.717, 1.165) is 23.5 Å². The Balaban J connectivity index is 2.78. The summed E-state index contributed by atoms with van der Waals surface area (Å²) < 4.78 is 15.8. The summed E-state index contributed by atoms with van der Waals surface area (Å²) in [6.07, 6.45) is 0.763. The Hall–Kier alpha value is -1.26. The van der Waals surface area contributed by atoms with Crippen molar-refractivity contribution >= 4 is 0 Å². The molecule has 1 aromatic carbocycles. The Morgan fingerprint density at radius 2 is 2.00 bits per heavy atom. The number of hydrogen-bond acceptors (Lipinski definition) is 4. The molecule has 1 aromatic rings. The highest BCUT2D eigenvalue weighted by atomic mass is 16.5. The molecule has 0 fully saturated rings. The minimum atomic E-state index is 0.0897. The van der Waals surface area contributed by atoms with E-state index in [1.54, 1.807) is 14.2 Å². The number of rotatable bonds is 7. The predicted molar refractivity (Wildman–Crippen MR) is 67.7 cm³/mol. The second-order valence-electron chi connectivity index (χ2n) is 4.00. The van der Waals surface area contributed by atoms with Crippen LogP contribution in [0.5, 0.6) is 11.5 Å². The van der Waals surface area contributed by atoms with Gasteiger partial charge in [-0.1, -0.05) is 0 Å². The molecule has 1 unspecified atom stereocenters. The third-order valence-electron chi connectivity index (χ3n) is 2.35. The van der Waals surface area contributed by atoms with Crippen molar-refractivity contribution in [1.82, 2.24) is 0 Å². The van der Waals surface area contributed by atoms with Gasteiger partial charge < -0.3 is 19.9 Å². The summed E-state index contributed by atoms with van der Waals surface area (Å²) in [6.45, 7) is 3.08. The van der Waals surface area contributed by atoms with Crippen LogP contribution in [0.25, 0.3) is 0 Å². The van der Waals surface area contributed by atoms with E-state index in [2.05, 4.69) is 0 Å². The number of nitrogens with two attached hydrogens (primary N) is 1. The van der Waals surface area contributed by atoms with Crippen molar-refractivity contribution in [2.75, 3.05) is 27.4 Å². The first-order valence-electron chi connectivity index (χ1n) is 5.71. The Labute approximate surface area is 103 Å². The van der Waals surface area contributed by atoms with Crippen molar-refractivity contribution in [2.45, 2.75) is 19.4 Å². The monoisotopic (exact) mass is 239 g/mol. The molecule has 0 radical (unpaired) electrons. The van der Waals surface area contributed by atoms with Crippen LogP contribution in [0.15, 0.2) is 18.2 Å². The summed E-state index contributed by atoms with van der Waals surface area (Å²) in [7, 11) is 3.30. The lowest BCUT2D eigenvalue weighted by Crippen LogP contribution is -2.18. The number of benzene rings is 1. The predicted octanol–water partition coefficient (Wildman–Crippen LogP) is 1.61. The van der Waals surface area contributed by atoms with Crippen LogP contribution in [0, 0.1) is 0 Å². The molecule has 96 valence electrons. The van der Waals surface area contributed by atoms with Crippen LogP contribution in [0.1, 0.15) is 12.5 Å². The zero-order valence-electron chi connectivity index (χ0n) is 10.7. The van der Waals surface area contributed by atoms with Gasteiger partial charge in [0.25, 0.3) is 0 Å². The lowest BCUT2D eigenvalue weighted by Gasteiger charge is -2.14. The second-order valence-corrected chi connectivity index (χ2v) is 4.00. The maximum Gasteiger partial charge on any atom is 0.122 e. The standard InChI is InChI=1S/C13H21NO3/c1-10(14)8-11-9-12(16-3)4-5-13(11)17-7-6-15-2/h4-5,9-10H,6-8,14H2,1-3H3. The molecule has 2 N–H and O–H groups in total. The number of ether oxygens (including phenoxy) is 3. The third kappa shape index (κ3) is 4.63. The van der Waals surface area contributed by atoms with Gasteiger partial charge in [0, 0.05) is 13.2 Å². The zero-order chi connectivity index (χ0) is 12.7. The van der Waals surface area contributed by atoms with Gasteiger partial charge in [0.1, 0.15) is 18.1 Å². The molecule has 0 bridgehead atoms. The van der Waals surface area contributed by atoms with Crippen molar-refractivity contribution in [1.29, 1.82) is 0 Å². The fraction of sp³-hybridized carbons (Fsp3) is 0.538. The van der Waals surface area contributed by atoms with Gasteiger partial charge in [0.15, 0.2) is 0 Å². The lowest BCUT2D eigenvalue weighted by molar-refractivity contribution is 0.145. The van der Waals surface area contributed by atoms with Gasteiger partial charge in [-0.2, -0.15) is 0 Å². The molecular weight excluding hydrogens is 218 g/mol. The van der Waals surface area contributed by atoms with E-state index in [1.165, 1.54) is 0 Å². The summed E-state index contributed by atoms with van der Waals surface area (Å²) in [5.74, 6) is 1.67. The quantitative estimate of drug-likeness (QED) is 0.734. The molecule has 4 nitrogen and oxygen atoms in total. The third-order valence-corrected chi connectivity index (χ3v) is 2.35. The zero-order valence-corrected chi connectivity index (χ0v) is 10.7. The minimum Gasteiger partial charge on any atom is -0.497 e. The molecule has 1 atom stereocenters. The first kappa shape index (κ1) is 13.8. The summed E-state index contributed by atoms with van der Waals surface area (Å²) in [5, 5.41) is 0. The van der Waals surface area contributed by atoms with Gasteiger partial charge in [0.2, 0.25) is 0 Å². The molecule has 0 aromatic heterocycles. The van der Waals surface area contributed by atoms with E-state index in [9.17, 15) is 0 Å².